The molecule has 3 heterocycles. The Labute approximate surface area is 178 Å². The summed E-state index contributed by atoms with van der Waals surface area (Å²) in [7, 11) is 0. The molecule has 5 rings (SSSR count). The molecular formula is C25H23NO5. The topological polar surface area (TPSA) is 83.9 Å². The molecule has 158 valence electrons. The van der Waals surface area contributed by atoms with Gasteiger partial charge in [0.25, 0.3) is 0 Å². The summed E-state index contributed by atoms with van der Waals surface area (Å²) in [5, 5.41) is 12.0. The van der Waals surface area contributed by atoms with Crippen LogP contribution in [0.25, 0.3) is 33.1 Å². The van der Waals surface area contributed by atoms with Crippen molar-refractivity contribution in [1.29, 1.82) is 0 Å². The van der Waals surface area contributed by atoms with E-state index in [1.165, 1.54) is 18.9 Å². The number of benzene rings is 2. The SMILES string of the molecule is O=c1cc(-c2cc3ccccc3oc2=O)c2ccc(O)c(CN3CCCCCC3)c2o1. The summed E-state index contributed by atoms with van der Waals surface area (Å²) in [6.45, 7) is 2.37. The van der Waals surface area contributed by atoms with Crippen LogP contribution in [-0.2, 0) is 6.54 Å². The molecule has 4 aromatic rings. The Morgan fingerprint density at radius 2 is 1.65 bits per heavy atom. The van der Waals surface area contributed by atoms with Crippen molar-refractivity contribution in [3.63, 3.8) is 0 Å². The van der Waals surface area contributed by atoms with Gasteiger partial charge in [0.2, 0.25) is 0 Å². The summed E-state index contributed by atoms with van der Waals surface area (Å²) in [6, 6.07) is 13.6. The second-order valence-corrected chi connectivity index (χ2v) is 8.09. The van der Waals surface area contributed by atoms with E-state index in [1.54, 1.807) is 30.3 Å². The fourth-order valence-electron chi connectivity index (χ4n) is 4.41. The molecule has 1 aliphatic rings. The zero-order chi connectivity index (χ0) is 21.4. The van der Waals surface area contributed by atoms with E-state index in [0.717, 1.165) is 31.3 Å². The minimum atomic E-state index is -0.572. The second-order valence-electron chi connectivity index (χ2n) is 8.09. The summed E-state index contributed by atoms with van der Waals surface area (Å²) in [6.07, 6.45) is 4.63. The molecule has 6 heteroatoms. The molecule has 1 fully saturated rings. The molecule has 1 aliphatic heterocycles. The van der Waals surface area contributed by atoms with E-state index < -0.39 is 11.3 Å². The highest BCUT2D eigenvalue weighted by Crippen LogP contribution is 2.34. The number of rotatable bonds is 3. The lowest BCUT2D eigenvalue weighted by atomic mass is 9.99. The minimum Gasteiger partial charge on any atom is -0.507 e. The predicted molar refractivity (Wildman–Crippen MR) is 119 cm³/mol. The van der Waals surface area contributed by atoms with Gasteiger partial charge in [0, 0.05) is 28.9 Å². The van der Waals surface area contributed by atoms with Crippen molar-refractivity contribution in [2.24, 2.45) is 0 Å². The summed E-state index contributed by atoms with van der Waals surface area (Å²) >= 11 is 0. The molecule has 0 aliphatic carbocycles. The van der Waals surface area contributed by atoms with Gasteiger partial charge in [-0.2, -0.15) is 0 Å². The van der Waals surface area contributed by atoms with Crippen LogP contribution in [0.15, 0.2) is 67.0 Å². The first-order valence-electron chi connectivity index (χ1n) is 10.6. The largest absolute Gasteiger partial charge is 0.507 e. The van der Waals surface area contributed by atoms with Crippen molar-refractivity contribution in [2.45, 2.75) is 32.2 Å². The van der Waals surface area contributed by atoms with Crippen LogP contribution in [0.3, 0.4) is 0 Å². The smallest absolute Gasteiger partial charge is 0.344 e. The predicted octanol–water partition coefficient (Wildman–Crippen LogP) is 4.65. The molecular weight excluding hydrogens is 394 g/mol. The number of para-hydroxylation sites is 1. The zero-order valence-electron chi connectivity index (χ0n) is 17.1. The van der Waals surface area contributed by atoms with Crippen molar-refractivity contribution in [3.8, 4) is 16.9 Å². The maximum atomic E-state index is 12.7. The van der Waals surface area contributed by atoms with Gasteiger partial charge >= 0.3 is 11.3 Å². The highest BCUT2D eigenvalue weighted by atomic mass is 16.4. The van der Waals surface area contributed by atoms with Crippen molar-refractivity contribution in [2.75, 3.05) is 13.1 Å². The van der Waals surface area contributed by atoms with Gasteiger partial charge in [-0.3, -0.25) is 4.90 Å². The van der Waals surface area contributed by atoms with Crippen molar-refractivity contribution in [1.82, 2.24) is 4.90 Å². The van der Waals surface area contributed by atoms with Crippen LogP contribution in [-0.4, -0.2) is 23.1 Å². The fourth-order valence-corrected chi connectivity index (χ4v) is 4.41. The minimum absolute atomic E-state index is 0.0857. The molecule has 0 saturated carbocycles. The number of phenolic OH excluding ortho intramolecular Hbond substituents is 1. The molecule has 2 aromatic heterocycles. The number of hydrogen-bond acceptors (Lipinski definition) is 6. The molecule has 31 heavy (non-hydrogen) atoms. The van der Waals surface area contributed by atoms with Gasteiger partial charge in [0.05, 0.1) is 11.1 Å². The van der Waals surface area contributed by atoms with E-state index in [-0.39, 0.29) is 5.75 Å². The number of phenols is 1. The third-order valence-corrected chi connectivity index (χ3v) is 6.00. The van der Waals surface area contributed by atoms with E-state index in [2.05, 4.69) is 4.90 Å². The average molecular weight is 417 g/mol. The first-order valence-corrected chi connectivity index (χ1v) is 10.6. The van der Waals surface area contributed by atoms with Gasteiger partial charge < -0.3 is 13.9 Å². The van der Waals surface area contributed by atoms with Gasteiger partial charge in [-0.15, -0.1) is 0 Å². The molecule has 0 radical (unpaired) electrons. The average Bonchev–Trinajstić information content (AvgIpc) is 3.03. The van der Waals surface area contributed by atoms with Gasteiger partial charge in [0.15, 0.2) is 0 Å². The maximum Gasteiger partial charge on any atom is 0.344 e. The fraction of sp³-hybridized carbons (Fsp3) is 0.280. The highest BCUT2D eigenvalue weighted by molar-refractivity contribution is 5.97. The van der Waals surface area contributed by atoms with Crippen LogP contribution in [0.4, 0.5) is 0 Å². The Morgan fingerprint density at radius 3 is 2.45 bits per heavy atom. The lowest BCUT2D eigenvalue weighted by Gasteiger charge is -2.21. The monoisotopic (exact) mass is 417 g/mol. The quantitative estimate of drug-likeness (QED) is 0.489. The number of fused-ring (bicyclic) bond motifs is 2. The van der Waals surface area contributed by atoms with Crippen LogP contribution in [0.2, 0.25) is 0 Å². The Hall–Kier alpha value is -3.38. The van der Waals surface area contributed by atoms with Crippen molar-refractivity contribution in [3.05, 3.63) is 74.9 Å². The maximum absolute atomic E-state index is 12.7. The van der Waals surface area contributed by atoms with Gasteiger partial charge in [0.1, 0.15) is 16.9 Å². The van der Waals surface area contributed by atoms with Crippen molar-refractivity contribution >= 4 is 21.9 Å². The Kier molecular flexibility index (Phi) is 5.08. The van der Waals surface area contributed by atoms with Gasteiger partial charge in [-0.05, 0) is 50.2 Å². The van der Waals surface area contributed by atoms with Crippen LogP contribution in [0.1, 0.15) is 31.2 Å². The number of likely N-dealkylation sites (tertiary alicyclic amines) is 1. The van der Waals surface area contributed by atoms with Crippen LogP contribution in [0.5, 0.6) is 5.75 Å². The Balaban J connectivity index is 1.69. The van der Waals surface area contributed by atoms with Crippen LogP contribution < -0.4 is 11.3 Å². The Bertz CT molecular complexity index is 1380. The van der Waals surface area contributed by atoms with E-state index in [4.69, 9.17) is 8.83 Å². The molecule has 0 spiro atoms. The third-order valence-electron chi connectivity index (χ3n) is 6.00. The molecule has 1 saturated heterocycles. The second kappa shape index (κ2) is 8.04. The summed E-state index contributed by atoms with van der Waals surface area (Å²) < 4.78 is 11.0. The molecule has 0 unspecified atom stereocenters. The molecule has 2 aromatic carbocycles. The van der Waals surface area contributed by atoms with Crippen LogP contribution >= 0.6 is 0 Å². The van der Waals surface area contributed by atoms with Gasteiger partial charge in [-0.1, -0.05) is 31.0 Å². The summed E-state index contributed by atoms with van der Waals surface area (Å²) in [5.74, 6) is 0.0857. The number of aromatic hydroxyl groups is 1. The number of hydrogen-bond donors (Lipinski definition) is 1. The first-order chi connectivity index (χ1) is 15.1. The lowest BCUT2D eigenvalue weighted by molar-refractivity contribution is 0.272. The van der Waals surface area contributed by atoms with E-state index >= 15 is 0 Å². The molecule has 0 amide bonds. The molecule has 0 bridgehead atoms. The highest BCUT2D eigenvalue weighted by Gasteiger charge is 2.20. The molecule has 0 atom stereocenters. The van der Waals surface area contributed by atoms with E-state index in [1.807, 2.05) is 12.1 Å². The summed E-state index contributed by atoms with van der Waals surface area (Å²) in [5.41, 5.74) is 1.03. The van der Waals surface area contributed by atoms with E-state index in [0.29, 0.717) is 39.8 Å². The zero-order valence-corrected chi connectivity index (χ0v) is 17.1. The Morgan fingerprint density at radius 1 is 0.871 bits per heavy atom. The van der Waals surface area contributed by atoms with Crippen molar-refractivity contribution < 1.29 is 13.9 Å². The van der Waals surface area contributed by atoms with Gasteiger partial charge in [-0.25, -0.2) is 9.59 Å². The summed E-state index contributed by atoms with van der Waals surface area (Å²) in [4.78, 5) is 27.5. The van der Waals surface area contributed by atoms with E-state index in [9.17, 15) is 14.7 Å². The number of nitrogens with zero attached hydrogens (tertiary/aromatic N) is 1. The van der Waals surface area contributed by atoms with Crippen LogP contribution in [0, 0.1) is 0 Å². The standard InChI is InChI=1S/C25H23NO5/c27-21-10-9-17-18(19-13-16-7-3-4-8-22(16)30-25(19)29)14-23(28)31-24(17)20(21)15-26-11-5-1-2-6-12-26/h3-4,7-10,13-14,27H,1-2,5-6,11-12,15H2. The molecule has 6 nitrogen and oxygen atoms in total. The third kappa shape index (κ3) is 3.75. The first kappa shape index (κ1) is 19.6. The normalized spacial score (nSPS) is 15.4. The lowest BCUT2D eigenvalue weighted by Crippen LogP contribution is -2.24. The molecule has 1 N–H and O–H groups in total.